The third-order valence-electron chi connectivity index (χ3n) is 2.81. The Morgan fingerprint density at radius 1 is 1.44 bits per heavy atom. The molecule has 0 amide bonds. The second kappa shape index (κ2) is 6.75. The number of carbonyl (C=O) groups excluding carboxylic acids is 1. The van der Waals surface area contributed by atoms with Crippen molar-refractivity contribution in [3.05, 3.63) is 27.7 Å². The van der Waals surface area contributed by atoms with E-state index in [0.29, 0.717) is 6.42 Å². The molecule has 1 aromatic carbocycles. The molecule has 2 N–H and O–H groups in total. The van der Waals surface area contributed by atoms with Crippen LogP contribution >= 0.6 is 15.9 Å². The summed E-state index contributed by atoms with van der Waals surface area (Å²) in [5.74, 6) is 0.394. The van der Waals surface area contributed by atoms with Gasteiger partial charge in [-0.15, -0.1) is 0 Å². The van der Waals surface area contributed by atoms with Crippen molar-refractivity contribution >= 4 is 21.9 Å². The first-order valence-corrected chi connectivity index (χ1v) is 6.52. The quantitative estimate of drug-likeness (QED) is 0.845. The van der Waals surface area contributed by atoms with E-state index >= 15 is 0 Å². The lowest BCUT2D eigenvalue weighted by Gasteiger charge is -2.16. The number of hydrogen-bond acceptors (Lipinski definition) is 4. The van der Waals surface area contributed by atoms with Gasteiger partial charge in [0.2, 0.25) is 0 Å². The fourth-order valence-electron chi connectivity index (χ4n) is 1.91. The minimum Gasteiger partial charge on any atom is -0.495 e. The average molecular weight is 316 g/mol. The predicted molar refractivity (Wildman–Crippen MR) is 73.8 cm³/mol. The van der Waals surface area contributed by atoms with Gasteiger partial charge in [0.1, 0.15) is 11.8 Å². The van der Waals surface area contributed by atoms with E-state index in [9.17, 15) is 4.79 Å². The van der Waals surface area contributed by atoms with Crippen molar-refractivity contribution in [2.45, 2.75) is 25.8 Å². The highest BCUT2D eigenvalue weighted by molar-refractivity contribution is 9.10. The molecule has 1 aromatic rings. The van der Waals surface area contributed by atoms with Gasteiger partial charge in [0.05, 0.1) is 18.7 Å². The standard InChI is InChI=1S/C13H18BrNO3/c1-4-9-8(7-11(15)13(16)18-3)5-6-10(14)12(9)17-2/h5-6,11H,4,7,15H2,1-3H3/t11-/m0/s1. The molecule has 0 heterocycles. The number of rotatable bonds is 5. The molecule has 0 saturated heterocycles. The van der Waals surface area contributed by atoms with Crippen LogP contribution in [-0.4, -0.2) is 26.2 Å². The molecule has 4 nitrogen and oxygen atoms in total. The molecular formula is C13H18BrNO3. The molecule has 18 heavy (non-hydrogen) atoms. The summed E-state index contributed by atoms with van der Waals surface area (Å²) in [6.07, 6.45) is 1.26. The van der Waals surface area contributed by atoms with Crippen LogP contribution in [0.5, 0.6) is 5.75 Å². The Morgan fingerprint density at radius 2 is 2.11 bits per heavy atom. The molecule has 0 unspecified atom stereocenters. The van der Waals surface area contributed by atoms with Crippen LogP contribution in [0.1, 0.15) is 18.1 Å². The van der Waals surface area contributed by atoms with E-state index in [0.717, 1.165) is 27.8 Å². The first-order chi connectivity index (χ1) is 8.54. The van der Waals surface area contributed by atoms with E-state index in [2.05, 4.69) is 20.7 Å². The van der Waals surface area contributed by atoms with E-state index in [-0.39, 0.29) is 0 Å². The maximum atomic E-state index is 11.3. The molecule has 5 heteroatoms. The second-order valence-electron chi connectivity index (χ2n) is 3.91. The molecule has 0 aliphatic carbocycles. The molecule has 0 fully saturated rings. The second-order valence-corrected chi connectivity index (χ2v) is 4.76. The molecule has 0 aromatic heterocycles. The van der Waals surface area contributed by atoms with Gasteiger partial charge in [-0.25, -0.2) is 0 Å². The van der Waals surface area contributed by atoms with Crippen molar-refractivity contribution in [1.82, 2.24) is 0 Å². The van der Waals surface area contributed by atoms with Crippen molar-refractivity contribution in [3.8, 4) is 5.75 Å². The van der Waals surface area contributed by atoms with Gasteiger partial charge in [-0.05, 0) is 46.0 Å². The lowest BCUT2D eigenvalue weighted by Crippen LogP contribution is -2.34. The van der Waals surface area contributed by atoms with Gasteiger partial charge in [0.15, 0.2) is 0 Å². The van der Waals surface area contributed by atoms with Crippen molar-refractivity contribution in [3.63, 3.8) is 0 Å². The highest BCUT2D eigenvalue weighted by Gasteiger charge is 2.18. The molecule has 0 spiro atoms. The number of nitrogens with two attached hydrogens (primary N) is 1. The number of carbonyl (C=O) groups is 1. The fourth-order valence-corrected chi connectivity index (χ4v) is 2.44. The normalized spacial score (nSPS) is 12.1. The zero-order valence-corrected chi connectivity index (χ0v) is 12.4. The summed E-state index contributed by atoms with van der Waals surface area (Å²) in [6, 6.07) is 3.21. The minimum absolute atomic E-state index is 0.404. The summed E-state index contributed by atoms with van der Waals surface area (Å²) in [5.41, 5.74) is 7.86. The smallest absolute Gasteiger partial charge is 0.322 e. The molecular weight excluding hydrogens is 298 g/mol. The van der Waals surface area contributed by atoms with Crippen LogP contribution in [0.25, 0.3) is 0 Å². The van der Waals surface area contributed by atoms with Gasteiger partial charge in [-0.1, -0.05) is 13.0 Å². The Morgan fingerprint density at radius 3 is 2.61 bits per heavy atom. The van der Waals surface area contributed by atoms with E-state index < -0.39 is 12.0 Å². The molecule has 100 valence electrons. The van der Waals surface area contributed by atoms with Crippen molar-refractivity contribution < 1.29 is 14.3 Å². The van der Waals surface area contributed by atoms with Crippen LogP contribution in [0.4, 0.5) is 0 Å². The minimum atomic E-state index is -0.647. The Hall–Kier alpha value is -1.07. The zero-order chi connectivity index (χ0) is 13.7. The van der Waals surface area contributed by atoms with Gasteiger partial charge in [-0.2, -0.15) is 0 Å². The third-order valence-corrected chi connectivity index (χ3v) is 3.44. The maximum Gasteiger partial charge on any atom is 0.322 e. The Bertz CT molecular complexity index is 434. The van der Waals surface area contributed by atoms with Crippen LogP contribution in [0, 0.1) is 0 Å². The number of esters is 1. The molecule has 1 rings (SSSR count). The lowest BCUT2D eigenvalue weighted by atomic mass is 9.98. The lowest BCUT2D eigenvalue weighted by molar-refractivity contribution is -0.142. The highest BCUT2D eigenvalue weighted by atomic mass is 79.9. The summed E-state index contributed by atoms with van der Waals surface area (Å²) >= 11 is 3.44. The molecule has 0 aliphatic heterocycles. The van der Waals surface area contributed by atoms with Gasteiger partial charge in [-0.3, -0.25) is 4.79 Å². The molecule has 0 saturated carbocycles. The SMILES string of the molecule is CCc1c(C[C@H](N)C(=O)OC)ccc(Br)c1OC. The summed E-state index contributed by atoms with van der Waals surface area (Å²) in [4.78, 5) is 11.3. The van der Waals surface area contributed by atoms with Crippen molar-refractivity contribution in [1.29, 1.82) is 0 Å². The number of benzene rings is 1. The highest BCUT2D eigenvalue weighted by Crippen LogP contribution is 2.32. The molecule has 0 radical (unpaired) electrons. The molecule has 1 atom stereocenters. The zero-order valence-electron chi connectivity index (χ0n) is 10.8. The summed E-state index contributed by atoms with van der Waals surface area (Å²) in [6.45, 7) is 2.04. The number of halogens is 1. The van der Waals surface area contributed by atoms with Crippen LogP contribution in [-0.2, 0) is 22.4 Å². The largest absolute Gasteiger partial charge is 0.495 e. The topological polar surface area (TPSA) is 61.6 Å². The number of methoxy groups -OCH3 is 2. The van der Waals surface area contributed by atoms with E-state index in [4.69, 9.17) is 10.5 Å². The summed E-state index contributed by atoms with van der Waals surface area (Å²) < 4.78 is 10.9. The number of ether oxygens (including phenoxy) is 2. The summed E-state index contributed by atoms with van der Waals surface area (Å²) in [7, 11) is 2.97. The van der Waals surface area contributed by atoms with E-state index in [1.54, 1.807) is 7.11 Å². The Balaban J connectivity index is 3.06. The average Bonchev–Trinajstić information content (AvgIpc) is 2.38. The monoisotopic (exact) mass is 315 g/mol. The van der Waals surface area contributed by atoms with Gasteiger partial charge in [0.25, 0.3) is 0 Å². The third kappa shape index (κ3) is 3.23. The van der Waals surface area contributed by atoms with Crippen molar-refractivity contribution in [2.24, 2.45) is 5.73 Å². The first-order valence-electron chi connectivity index (χ1n) is 5.72. The maximum absolute atomic E-state index is 11.3. The van der Waals surface area contributed by atoms with E-state index in [1.807, 2.05) is 19.1 Å². The Kier molecular flexibility index (Phi) is 5.62. The summed E-state index contributed by atoms with van der Waals surface area (Å²) in [5, 5.41) is 0. The van der Waals surface area contributed by atoms with Crippen molar-refractivity contribution in [2.75, 3.05) is 14.2 Å². The van der Waals surface area contributed by atoms with E-state index in [1.165, 1.54) is 7.11 Å². The molecule has 0 bridgehead atoms. The van der Waals surface area contributed by atoms with Crippen LogP contribution in [0.3, 0.4) is 0 Å². The van der Waals surface area contributed by atoms with Crippen LogP contribution in [0.15, 0.2) is 16.6 Å². The fraction of sp³-hybridized carbons (Fsp3) is 0.462. The predicted octanol–water partition coefficient (Wildman–Crippen LogP) is 2.06. The van der Waals surface area contributed by atoms with Gasteiger partial charge in [0, 0.05) is 0 Å². The Labute approximate surface area is 116 Å². The molecule has 0 aliphatic rings. The van der Waals surface area contributed by atoms with Gasteiger partial charge >= 0.3 is 5.97 Å². The number of hydrogen-bond donors (Lipinski definition) is 1. The van der Waals surface area contributed by atoms with Crippen LogP contribution in [0.2, 0.25) is 0 Å². The first kappa shape index (κ1) is 15.0. The van der Waals surface area contributed by atoms with Crippen LogP contribution < -0.4 is 10.5 Å². The van der Waals surface area contributed by atoms with Gasteiger partial charge < -0.3 is 15.2 Å².